The van der Waals surface area contributed by atoms with Gasteiger partial charge in [0.2, 0.25) is 5.91 Å². The summed E-state index contributed by atoms with van der Waals surface area (Å²) in [5.74, 6) is 1.44. The largest absolute Gasteiger partial charge is 0.497 e. The molecule has 2 rings (SSSR count). The molecule has 0 spiro atoms. The standard InChI is InChI=1S/C15H19NO5S/c1-19-10-4-5-12(20-2)11(8-10)15-16(13(17)9-22-15)7-6-14(18)21-3/h4-5,8,15H,6-7,9H2,1-3H3. The minimum atomic E-state index is -0.332. The number of esters is 1. The number of carbonyl (C=O) groups excluding carboxylic acids is 2. The maximum absolute atomic E-state index is 12.1. The molecule has 6 nitrogen and oxygen atoms in total. The summed E-state index contributed by atoms with van der Waals surface area (Å²) in [6, 6.07) is 5.48. The fourth-order valence-electron chi connectivity index (χ4n) is 2.30. The van der Waals surface area contributed by atoms with Gasteiger partial charge in [0.05, 0.1) is 33.5 Å². The molecule has 1 heterocycles. The molecule has 1 aliphatic rings. The van der Waals surface area contributed by atoms with Crippen molar-refractivity contribution in [1.29, 1.82) is 0 Å². The van der Waals surface area contributed by atoms with Crippen molar-refractivity contribution in [1.82, 2.24) is 4.90 Å². The summed E-state index contributed by atoms with van der Waals surface area (Å²) in [4.78, 5) is 25.1. The topological polar surface area (TPSA) is 65.1 Å². The van der Waals surface area contributed by atoms with E-state index in [9.17, 15) is 9.59 Å². The van der Waals surface area contributed by atoms with E-state index in [1.165, 1.54) is 18.9 Å². The molecule has 1 aromatic carbocycles. The summed E-state index contributed by atoms with van der Waals surface area (Å²) in [6.45, 7) is 0.323. The van der Waals surface area contributed by atoms with Crippen LogP contribution in [0, 0.1) is 0 Å². The zero-order chi connectivity index (χ0) is 16.1. The molecule has 0 radical (unpaired) electrons. The van der Waals surface area contributed by atoms with Crippen LogP contribution in [0.15, 0.2) is 18.2 Å². The lowest BCUT2D eigenvalue weighted by Crippen LogP contribution is -2.30. The number of hydrogen-bond acceptors (Lipinski definition) is 6. The highest BCUT2D eigenvalue weighted by Crippen LogP contribution is 2.43. The van der Waals surface area contributed by atoms with Gasteiger partial charge in [0.15, 0.2) is 0 Å². The van der Waals surface area contributed by atoms with Gasteiger partial charge in [-0.3, -0.25) is 9.59 Å². The number of ether oxygens (including phenoxy) is 3. The molecular formula is C15H19NO5S. The summed E-state index contributed by atoms with van der Waals surface area (Å²) in [5.41, 5.74) is 0.863. The highest BCUT2D eigenvalue weighted by Gasteiger charge is 2.34. The van der Waals surface area contributed by atoms with Crippen molar-refractivity contribution < 1.29 is 23.8 Å². The first-order valence-electron chi connectivity index (χ1n) is 6.80. The normalized spacial score (nSPS) is 17.5. The number of carbonyl (C=O) groups is 2. The van der Waals surface area contributed by atoms with Crippen molar-refractivity contribution in [2.24, 2.45) is 0 Å². The second-order valence-electron chi connectivity index (χ2n) is 4.68. The van der Waals surface area contributed by atoms with Gasteiger partial charge >= 0.3 is 5.97 Å². The average Bonchev–Trinajstić information content (AvgIpc) is 2.92. The van der Waals surface area contributed by atoms with Crippen LogP contribution in [0.4, 0.5) is 0 Å². The number of hydrogen-bond donors (Lipinski definition) is 0. The van der Waals surface area contributed by atoms with Crippen LogP contribution in [0.1, 0.15) is 17.4 Å². The summed E-state index contributed by atoms with van der Waals surface area (Å²) >= 11 is 1.51. The van der Waals surface area contributed by atoms with Crippen LogP contribution in [0.2, 0.25) is 0 Å². The van der Waals surface area contributed by atoms with Crippen LogP contribution in [0.3, 0.4) is 0 Å². The van der Waals surface area contributed by atoms with Gasteiger partial charge < -0.3 is 19.1 Å². The van der Waals surface area contributed by atoms with Crippen molar-refractivity contribution in [2.45, 2.75) is 11.8 Å². The van der Waals surface area contributed by atoms with Crippen molar-refractivity contribution in [3.63, 3.8) is 0 Å². The van der Waals surface area contributed by atoms with Crippen molar-refractivity contribution in [2.75, 3.05) is 33.6 Å². The zero-order valence-electron chi connectivity index (χ0n) is 12.8. The molecule has 0 N–H and O–H groups in total. The number of amides is 1. The maximum Gasteiger partial charge on any atom is 0.307 e. The van der Waals surface area contributed by atoms with Gasteiger partial charge in [-0.25, -0.2) is 0 Å². The Morgan fingerprint density at radius 2 is 2.09 bits per heavy atom. The van der Waals surface area contributed by atoms with E-state index < -0.39 is 0 Å². The number of nitrogens with zero attached hydrogens (tertiary/aromatic N) is 1. The average molecular weight is 325 g/mol. The molecule has 1 saturated heterocycles. The Kier molecular flexibility index (Phi) is 5.54. The van der Waals surface area contributed by atoms with E-state index in [0.717, 1.165) is 5.56 Å². The van der Waals surface area contributed by atoms with E-state index >= 15 is 0 Å². The molecule has 1 aromatic rings. The molecule has 1 unspecified atom stereocenters. The Labute approximate surface area is 133 Å². The molecule has 1 fully saturated rings. The van der Waals surface area contributed by atoms with Gasteiger partial charge in [0.25, 0.3) is 0 Å². The van der Waals surface area contributed by atoms with Crippen molar-refractivity contribution in [3.05, 3.63) is 23.8 Å². The van der Waals surface area contributed by atoms with Gasteiger partial charge in [-0.15, -0.1) is 11.8 Å². The molecule has 1 aliphatic heterocycles. The number of rotatable bonds is 6. The Hall–Kier alpha value is -1.89. The molecule has 0 aliphatic carbocycles. The molecule has 22 heavy (non-hydrogen) atoms. The van der Waals surface area contributed by atoms with E-state index in [0.29, 0.717) is 23.8 Å². The van der Waals surface area contributed by atoms with Crippen LogP contribution < -0.4 is 9.47 Å². The predicted octanol–water partition coefficient (Wildman–Crippen LogP) is 1.84. The second kappa shape index (κ2) is 7.40. The third kappa shape index (κ3) is 3.47. The molecule has 0 bridgehead atoms. The minimum Gasteiger partial charge on any atom is -0.497 e. The Bertz CT molecular complexity index is 563. The molecule has 1 atom stereocenters. The molecular weight excluding hydrogens is 306 g/mol. The first-order valence-corrected chi connectivity index (χ1v) is 7.85. The van der Waals surface area contributed by atoms with Gasteiger partial charge in [-0.1, -0.05) is 0 Å². The third-order valence-electron chi connectivity index (χ3n) is 3.46. The smallest absolute Gasteiger partial charge is 0.307 e. The van der Waals surface area contributed by atoms with Crippen LogP contribution in [0.25, 0.3) is 0 Å². The van der Waals surface area contributed by atoms with Gasteiger partial charge in [-0.2, -0.15) is 0 Å². The Morgan fingerprint density at radius 1 is 1.32 bits per heavy atom. The maximum atomic E-state index is 12.1. The molecule has 0 aromatic heterocycles. The molecule has 1 amide bonds. The second-order valence-corrected chi connectivity index (χ2v) is 5.75. The van der Waals surface area contributed by atoms with E-state index in [-0.39, 0.29) is 23.7 Å². The highest BCUT2D eigenvalue weighted by atomic mass is 32.2. The lowest BCUT2D eigenvalue weighted by atomic mass is 10.1. The quantitative estimate of drug-likeness (QED) is 0.744. The van der Waals surface area contributed by atoms with Crippen molar-refractivity contribution >= 4 is 23.6 Å². The van der Waals surface area contributed by atoms with Crippen LogP contribution in [0.5, 0.6) is 11.5 Å². The zero-order valence-corrected chi connectivity index (χ0v) is 13.6. The number of thioether (sulfide) groups is 1. The Balaban J connectivity index is 2.25. The fraction of sp³-hybridized carbons (Fsp3) is 0.467. The summed E-state index contributed by atoms with van der Waals surface area (Å²) in [6.07, 6.45) is 0.172. The minimum absolute atomic E-state index is 0.00350. The first kappa shape index (κ1) is 16.5. The summed E-state index contributed by atoms with van der Waals surface area (Å²) in [7, 11) is 4.52. The van der Waals surface area contributed by atoms with E-state index in [1.807, 2.05) is 18.2 Å². The van der Waals surface area contributed by atoms with Crippen LogP contribution >= 0.6 is 11.8 Å². The molecule has 0 saturated carbocycles. The lowest BCUT2D eigenvalue weighted by Gasteiger charge is -2.25. The fourth-order valence-corrected chi connectivity index (χ4v) is 3.53. The van der Waals surface area contributed by atoms with Crippen molar-refractivity contribution in [3.8, 4) is 11.5 Å². The first-order chi connectivity index (χ1) is 10.6. The van der Waals surface area contributed by atoms with E-state index in [2.05, 4.69) is 4.74 Å². The molecule has 120 valence electrons. The third-order valence-corrected chi connectivity index (χ3v) is 4.69. The van der Waals surface area contributed by atoms with E-state index in [4.69, 9.17) is 9.47 Å². The van der Waals surface area contributed by atoms with Gasteiger partial charge in [0.1, 0.15) is 16.9 Å². The highest BCUT2D eigenvalue weighted by molar-refractivity contribution is 8.00. The van der Waals surface area contributed by atoms with Gasteiger partial charge in [-0.05, 0) is 18.2 Å². The SMILES string of the molecule is COC(=O)CCN1C(=O)CSC1c1cc(OC)ccc1OC. The van der Waals surface area contributed by atoms with Crippen LogP contribution in [-0.4, -0.2) is 50.4 Å². The predicted molar refractivity (Wildman–Crippen MR) is 83.1 cm³/mol. The Morgan fingerprint density at radius 3 is 2.73 bits per heavy atom. The lowest BCUT2D eigenvalue weighted by molar-refractivity contribution is -0.141. The number of methoxy groups -OCH3 is 3. The summed E-state index contributed by atoms with van der Waals surface area (Å²) in [5, 5.41) is -0.192. The molecule has 7 heteroatoms. The summed E-state index contributed by atoms with van der Waals surface area (Å²) < 4.78 is 15.3. The van der Waals surface area contributed by atoms with Crippen LogP contribution in [-0.2, 0) is 14.3 Å². The van der Waals surface area contributed by atoms with Gasteiger partial charge in [0, 0.05) is 12.1 Å². The van der Waals surface area contributed by atoms with E-state index in [1.54, 1.807) is 19.1 Å². The number of benzene rings is 1. The monoisotopic (exact) mass is 325 g/mol.